The standard InChI is InChI=1S/C14H18N6/c1-11-15-8-4-13(17-11)18-12-5-9-20(10-6-12)14-3-2-7-16-19-14/h2-4,7-8,12H,5-6,9-10H2,1H3,(H,15,17,18). The van der Waals surface area contributed by atoms with E-state index >= 15 is 0 Å². The van der Waals surface area contributed by atoms with Gasteiger partial charge in [0.2, 0.25) is 0 Å². The molecule has 0 spiro atoms. The van der Waals surface area contributed by atoms with Crippen LogP contribution in [0.3, 0.4) is 0 Å². The first-order chi connectivity index (χ1) is 9.81. The van der Waals surface area contributed by atoms with Crippen molar-refractivity contribution in [2.75, 3.05) is 23.3 Å². The molecule has 2 aromatic heterocycles. The molecule has 0 aromatic carbocycles. The van der Waals surface area contributed by atoms with Gasteiger partial charge in [-0.05, 0) is 38.0 Å². The fourth-order valence-corrected chi connectivity index (χ4v) is 2.46. The molecular weight excluding hydrogens is 252 g/mol. The van der Waals surface area contributed by atoms with Gasteiger partial charge >= 0.3 is 0 Å². The highest BCUT2D eigenvalue weighted by atomic mass is 15.3. The second kappa shape index (κ2) is 5.81. The van der Waals surface area contributed by atoms with Gasteiger partial charge in [0.05, 0.1) is 0 Å². The Kier molecular flexibility index (Phi) is 3.71. The lowest BCUT2D eigenvalue weighted by molar-refractivity contribution is 0.521. The molecule has 0 bridgehead atoms. The van der Waals surface area contributed by atoms with E-state index in [-0.39, 0.29) is 0 Å². The summed E-state index contributed by atoms with van der Waals surface area (Å²) >= 11 is 0. The van der Waals surface area contributed by atoms with Crippen LogP contribution in [0.25, 0.3) is 0 Å². The predicted molar refractivity (Wildman–Crippen MR) is 77.7 cm³/mol. The molecule has 1 aliphatic heterocycles. The molecule has 0 radical (unpaired) electrons. The third-order valence-corrected chi connectivity index (χ3v) is 3.51. The third-order valence-electron chi connectivity index (χ3n) is 3.51. The molecule has 1 saturated heterocycles. The molecule has 0 saturated carbocycles. The van der Waals surface area contributed by atoms with Crippen LogP contribution in [0.4, 0.5) is 11.6 Å². The maximum atomic E-state index is 4.39. The average molecular weight is 270 g/mol. The minimum atomic E-state index is 0.456. The van der Waals surface area contributed by atoms with Crippen LogP contribution in [0.1, 0.15) is 18.7 Å². The van der Waals surface area contributed by atoms with Crippen molar-refractivity contribution in [2.45, 2.75) is 25.8 Å². The summed E-state index contributed by atoms with van der Waals surface area (Å²) in [5.41, 5.74) is 0. The van der Waals surface area contributed by atoms with E-state index in [1.807, 2.05) is 25.1 Å². The maximum Gasteiger partial charge on any atom is 0.151 e. The number of aromatic nitrogens is 4. The van der Waals surface area contributed by atoms with E-state index in [1.54, 1.807) is 12.4 Å². The fraction of sp³-hybridized carbons (Fsp3) is 0.429. The number of hydrogen-bond donors (Lipinski definition) is 1. The number of nitrogens with one attached hydrogen (secondary N) is 1. The van der Waals surface area contributed by atoms with E-state index in [0.29, 0.717) is 6.04 Å². The van der Waals surface area contributed by atoms with Crippen molar-refractivity contribution in [3.05, 3.63) is 36.4 Å². The van der Waals surface area contributed by atoms with Gasteiger partial charge in [-0.3, -0.25) is 0 Å². The molecule has 6 nitrogen and oxygen atoms in total. The quantitative estimate of drug-likeness (QED) is 0.915. The summed E-state index contributed by atoms with van der Waals surface area (Å²) in [4.78, 5) is 10.8. The Hall–Kier alpha value is -2.24. The van der Waals surface area contributed by atoms with Gasteiger partial charge in [-0.1, -0.05) is 0 Å². The van der Waals surface area contributed by atoms with Gasteiger partial charge < -0.3 is 10.2 Å². The molecule has 20 heavy (non-hydrogen) atoms. The van der Waals surface area contributed by atoms with Crippen LogP contribution in [0, 0.1) is 6.92 Å². The van der Waals surface area contributed by atoms with Gasteiger partial charge in [0.1, 0.15) is 11.6 Å². The highest BCUT2D eigenvalue weighted by molar-refractivity contribution is 5.39. The molecule has 2 aromatic rings. The maximum absolute atomic E-state index is 4.39. The molecule has 3 heterocycles. The normalized spacial score (nSPS) is 16.1. The molecule has 104 valence electrons. The minimum absolute atomic E-state index is 0.456. The molecular formula is C14H18N6. The fourth-order valence-electron chi connectivity index (χ4n) is 2.46. The third kappa shape index (κ3) is 3.01. The molecule has 0 aliphatic carbocycles. The summed E-state index contributed by atoms with van der Waals surface area (Å²) < 4.78 is 0. The largest absolute Gasteiger partial charge is 0.367 e. The predicted octanol–water partition coefficient (Wildman–Crippen LogP) is 1.66. The summed E-state index contributed by atoms with van der Waals surface area (Å²) in [6.07, 6.45) is 5.63. The van der Waals surface area contributed by atoms with E-state index in [2.05, 4.69) is 30.4 Å². The average Bonchev–Trinajstić information content (AvgIpc) is 2.49. The van der Waals surface area contributed by atoms with E-state index in [0.717, 1.165) is 43.4 Å². The second-order valence-electron chi connectivity index (χ2n) is 4.98. The van der Waals surface area contributed by atoms with Gasteiger partial charge in [0.25, 0.3) is 0 Å². The van der Waals surface area contributed by atoms with Crippen molar-refractivity contribution >= 4 is 11.6 Å². The van der Waals surface area contributed by atoms with Gasteiger partial charge in [0, 0.05) is 31.5 Å². The molecule has 1 N–H and O–H groups in total. The zero-order valence-corrected chi connectivity index (χ0v) is 11.5. The monoisotopic (exact) mass is 270 g/mol. The van der Waals surface area contributed by atoms with Gasteiger partial charge in [0.15, 0.2) is 5.82 Å². The molecule has 0 atom stereocenters. The van der Waals surface area contributed by atoms with Crippen molar-refractivity contribution in [3.63, 3.8) is 0 Å². The number of hydrogen-bond acceptors (Lipinski definition) is 6. The Morgan fingerprint density at radius 2 is 2.05 bits per heavy atom. The summed E-state index contributed by atoms with van der Waals surface area (Å²) in [5, 5.41) is 11.6. The van der Waals surface area contributed by atoms with Gasteiger partial charge in [-0.15, -0.1) is 5.10 Å². The number of nitrogens with zero attached hydrogens (tertiary/aromatic N) is 5. The van der Waals surface area contributed by atoms with Crippen LogP contribution in [0.15, 0.2) is 30.6 Å². The van der Waals surface area contributed by atoms with Crippen molar-refractivity contribution in [1.82, 2.24) is 20.2 Å². The lowest BCUT2D eigenvalue weighted by Crippen LogP contribution is -2.39. The molecule has 0 unspecified atom stereocenters. The first-order valence-electron chi connectivity index (χ1n) is 6.90. The number of piperidine rings is 1. The Morgan fingerprint density at radius 3 is 2.75 bits per heavy atom. The molecule has 1 aliphatic rings. The highest BCUT2D eigenvalue weighted by Crippen LogP contribution is 2.19. The smallest absolute Gasteiger partial charge is 0.151 e. The van der Waals surface area contributed by atoms with E-state index in [4.69, 9.17) is 0 Å². The zero-order chi connectivity index (χ0) is 13.8. The summed E-state index contributed by atoms with van der Waals surface area (Å²) in [6.45, 7) is 3.88. The van der Waals surface area contributed by atoms with Crippen molar-refractivity contribution in [1.29, 1.82) is 0 Å². The Balaban J connectivity index is 1.56. The second-order valence-corrected chi connectivity index (χ2v) is 4.98. The zero-order valence-electron chi connectivity index (χ0n) is 11.5. The van der Waals surface area contributed by atoms with Gasteiger partial charge in [-0.25, -0.2) is 9.97 Å². The lowest BCUT2D eigenvalue weighted by Gasteiger charge is -2.33. The minimum Gasteiger partial charge on any atom is -0.367 e. The van der Waals surface area contributed by atoms with E-state index < -0.39 is 0 Å². The van der Waals surface area contributed by atoms with Gasteiger partial charge in [-0.2, -0.15) is 5.10 Å². The van der Waals surface area contributed by atoms with Crippen LogP contribution >= 0.6 is 0 Å². The van der Waals surface area contributed by atoms with Crippen LogP contribution in [0.5, 0.6) is 0 Å². The van der Waals surface area contributed by atoms with Crippen molar-refractivity contribution in [2.24, 2.45) is 0 Å². The van der Waals surface area contributed by atoms with E-state index in [1.165, 1.54) is 0 Å². The number of aryl methyl sites for hydroxylation is 1. The Labute approximate surface area is 118 Å². The van der Waals surface area contributed by atoms with Crippen LogP contribution in [0.2, 0.25) is 0 Å². The molecule has 0 amide bonds. The van der Waals surface area contributed by atoms with Crippen molar-refractivity contribution < 1.29 is 0 Å². The number of anilines is 2. The van der Waals surface area contributed by atoms with Crippen LogP contribution in [-0.2, 0) is 0 Å². The Morgan fingerprint density at radius 1 is 1.20 bits per heavy atom. The Bertz CT molecular complexity index is 551. The highest BCUT2D eigenvalue weighted by Gasteiger charge is 2.20. The lowest BCUT2D eigenvalue weighted by atomic mass is 10.1. The summed E-state index contributed by atoms with van der Waals surface area (Å²) in [5.74, 6) is 2.67. The summed E-state index contributed by atoms with van der Waals surface area (Å²) in [7, 11) is 0. The molecule has 1 fully saturated rings. The molecule has 3 rings (SSSR count). The van der Waals surface area contributed by atoms with Crippen molar-refractivity contribution in [3.8, 4) is 0 Å². The van der Waals surface area contributed by atoms with E-state index in [9.17, 15) is 0 Å². The first kappa shape index (κ1) is 12.8. The summed E-state index contributed by atoms with van der Waals surface area (Å²) in [6, 6.07) is 6.31. The van der Waals surface area contributed by atoms with Crippen LogP contribution < -0.4 is 10.2 Å². The van der Waals surface area contributed by atoms with Crippen LogP contribution in [-0.4, -0.2) is 39.3 Å². The topological polar surface area (TPSA) is 66.8 Å². The molecule has 6 heteroatoms. The SMILES string of the molecule is Cc1nccc(NC2CCN(c3cccnn3)CC2)n1. The first-order valence-corrected chi connectivity index (χ1v) is 6.90. The number of rotatable bonds is 3.